The van der Waals surface area contributed by atoms with Gasteiger partial charge in [0.05, 0.1) is 12.6 Å². The summed E-state index contributed by atoms with van der Waals surface area (Å²) in [5.74, 6) is -0.0900. The number of carbonyl (C=O) groups is 1. The van der Waals surface area contributed by atoms with Crippen molar-refractivity contribution in [3.8, 4) is 0 Å². The molecular formula is C21H25NO2. The SMILES string of the molecule is CCC[C@@H]1[C@H](C(=O)OCC)N1C(c1ccccc1)c1ccccc1. The molecule has 3 nitrogen and oxygen atoms in total. The third-order valence-corrected chi connectivity index (χ3v) is 4.62. The lowest BCUT2D eigenvalue weighted by Crippen LogP contribution is -2.20. The largest absolute Gasteiger partial charge is 0.465 e. The van der Waals surface area contributed by atoms with Crippen LogP contribution in [0.15, 0.2) is 60.7 Å². The van der Waals surface area contributed by atoms with Crippen LogP contribution in [0.5, 0.6) is 0 Å². The van der Waals surface area contributed by atoms with Crippen LogP contribution < -0.4 is 0 Å². The lowest BCUT2D eigenvalue weighted by atomic mass is 9.98. The minimum absolute atomic E-state index is 0.0900. The van der Waals surface area contributed by atoms with Gasteiger partial charge in [0.15, 0.2) is 0 Å². The van der Waals surface area contributed by atoms with Gasteiger partial charge in [-0.2, -0.15) is 0 Å². The molecule has 3 heteroatoms. The van der Waals surface area contributed by atoms with Crippen molar-refractivity contribution in [2.24, 2.45) is 0 Å². The van der Waals surface area contributed by atoms with Crippen molar-refractivity contribution in [3.63, 3.8) is 0 Å². The minimum atomic E-state index is -0.129. The summed E-state index contributed by atoms with van der Waals surface area (Å²) in [7, 11) is 0. The number of benzene rings is 2. The highest BCUT2D eigenvalue weighted by Gasteiger charge is 2.56. The first-order chi connectivity index (χ1) is 11.8. The summed E-state index contributed by atoms with van der Waals surface area (Å²) >= 11 is 0. The van der Waals surface area contributed by atoms with Crippen LogP contribution in [0.3, 0.4) is 0 Å². The smallest absolute Gasteiger partial charge is 0.325 e. The van der Waals surface area contributed by atoms with Gasteiger partial charge in [-0.05, 0) is 24.5 Å². The molecule has 0 aliphatic carbocycles. The third-order valence-electron chi connectivity index (χ3n) is 4.62. The van der Waals surface area contributed by atoms with Gasteiger partial charge in [0, 0.05) is 6.04 Å². The van der Waals surface area contributed by atoms with Crippen LogP contribution in [0.2, 0.25) is 0 Å². The summed E-state index contributed by atoms with van der Waals surface area (Å²) < 4.78 is 5.31. The Bertz CT molecular complexity index is 617. The van der Waals surface area contributed by atoms with E-state index in [0.717, 1.165) is 12.8 Å². The van der Waals surface area contributed by atoms with E-state index < -0.39 is 0 Å². The maximum absolute atomic E-state index is 12.4. The Morgan fingerprint density at radius 1 is 1.00 bits per heavy atom. The Balaban J connectivity index is 1.95. The van der Waals surface area contributed by atoms with Crippen LogP contribution >= 0.6 is 0 Å². The highest BCUT2D eigenvalue weighted by Crippen LogP contribution is 2.44. The molecule has 0 bridgehead atoms. The van der Waals surface area contributed by atoms with Crippen LogP contribution in [0.25, 0.3) is 0 Å². The molecule has 0 saturated carbocycles. The van der Waals surface area contributed by atoms with Crippen molar-refractivity contribution in [3.05, 3.63) is 71.8 Å². The summed E-state index contributed by atoms with van der Waals surface area (Å²) in [6.07, 6.45) is 2.08. The maximum Gasteiger partial charge on any atom is 0.325 e. The Labute approximate surface area is 144 Å². The van der Waals surface area contributed by atoms with E-state index in [9.17, 15) is 4.79 Å². The fourth-order valence-corrected chi connectivity index (χ4v) is 3.57. The quantitative estimate of drug-likeness (QED) is 0.565. The van der Waals surface area contributed by atoms with Gasteiger partial charge in [0.2, 0.25) is 0 Å². The Morgan fingerprint density at radius 3 is 2.00 bits per heavy atom. The molecule has 0 aromatic heterocycles. The van der Waals surface area contributed by atoms with Gasteiger partial charge in [-0.3, -0.25) is 9.69 Å². The first-order valence-corrected chi connectivity index (χ1v) is 8.81. The average molecular weight is 323 g/mol. The van der Waals surface area contributed by atoms with E-state index in [4.69, 9.17) is 4.74 Å². The molecule has 3 rings (SSSR count). The molecule has 1 fully saturated rings. The van der Waals surface area contributed by atoms with Gasteiger partial charge in [-0.1, -0.05) is 74.0 Å². The fraction of sp³-hybridized carbons (Fsp3) is 0.381. The molecule has 0 spiro atoms. The molecule has 0 amide bonds. The highest BCUT2D eigenvalue weighted by molar-refractivity contribution is 5.80. The number of ether oxygens (including phenoxy) is 1. The molecule has 1 aliphatic heterocycles. The van der Waals surface area contributed by atoms with Gasteiger partial charge < -0.3 is 4.74 Å². The fourth-order valence-electron chi connectivity index (χ4n) is 3.57. The monoisotopic (exact) mass is 323 g/mol. The standard InChI is InChI=1S/C21H25NO2/c1-3-11-18-20(21(23)24-4-2)22(18)19(16-12-7-5-8-13-16)17-14-9-6-10-15-17/h5-10,12-15,18-20H,3-4,11H2,1-2H3/t18-,20-,22?/m1/s1. The van der Waals surface area contributed by atoms with Crippen LogP contribution in [0.4, 0.5) is 0 Å². The van der Waals surface area contributed by atoms with Crippen molar-refractivity contribution >= 4 is 5.97 Å². The molecule has 126 valence electrons. The Kier molecular flexibility index (Phi) is 5.31. The van der Waals surface area contributed by atoms with Gasteiger partial charge >= 0.3 is 5.97 Å². The number of rotatable bonds is 7. The average Bonchev–Trinajstić information content (AvgIpc) is 3.31. The molecule has 1 saturated heterocycles. The van der Waals surface area contributed by atoms with E-state index in [2.05, 4.69) is 60.4 Å². The van der Waals surface area contributed by atoms with Crippen LogP contribution in [-0.4, -0.2) is 29.6 Å². The van der Waals surface area contributed by atoms with Crippen molar-refractivity contribution < 1.29 is 9.53 Å². The normalized spacial score (nSPS) is 22.4. The van der Waals surface area contributed by atoms with Gasteiger partial charge in [0.1, 0.15) is 6.04 Å². The van der Waals surface area contributed by atoms with Crippen LogP contribution in [0.1, 0.15) is 43.9 Å². The molecule has 1 aliphatic rings. The van der Waals surface area contributed by atoms with E-state index in [1.165, 1.54) is 11.1 Å². The molecule has 24 heavy (non-hydrogen) atoms. The molecule has 0 N–H and O–H groups in total. The zero-order chi connectivity index (χ0) is 16.9. The number of nitrogens with zero attached hydrogens (tertiary/aromatic N) is 1. The van der Waals surface area contributed by atoms with E-state index in [1.54, 1.807) is 0 Å². The molecule has 1 heterocycles. The summed E-state index contributed by atoms with van der Waals surface area (Å²) in [4.78, 5) is 14.7. The van der Waals surface area contributed by atoms with Crippen molar-refractivity contribution in [1.29, 1.82) is 0 Å². The maximum atomic E-state index is 12.4. The number of hydrogen-bond acceptors (Lipinski definition) is 3. The highest BCUT2D eigenvalue weighted by atomic mass is 16.5. The van der Waals surface area contributed by atoms with E-state index >= 15 is 0 Å². The van der Waals surface area contributed by atoms with Gasteiger partial charge in [0.25, 0.3) is 0 Å². The van der Waals surface area contributed by atoms with Gasteiger partial charge in [-0.25, -0.2) is 0 Å². The van der Waals surface area contributed by atoms with Crippen molar-refractivity contribution in [2.75, 3.05) is 6.61 Å². The predicted octanol–water partition coefficient (Wildman–Crippen LogP) is 4.19. The molecule has 2 aromatic rings. The summed E-state index contributed by atoms with van der Waals surface area (Å²) in [5, 5.41) is 0. The second kappa shape index (κ2) is 7.63. The molecular weight excluding hydrogens is 298 g/mol. The van der Waals surface area contributed by atoms with Crippen molar-refractivity contribution in [1.82, 2.24) is 4.90 Å². The second-order valence-corrected chi connectivity index (χ2v) is 6.22. The third kappa shape index (κ3) is 3.36. The zero-order valence-corrected chi connectivity index (χ0v) is 14.4. The lowest BCUT2D eigenvalue weighted by molar-refractivity contribution is -0.143. The molecule has 3 atom stereocenters. The number of carbonyl (C=O) groups excluding carboxylic acids is 1. The topological polar surface area (TPSA) is 29.3 Å². The summed E-state index contributed by atoms with van der Waals surface area (Å²) in [6, 6.07) is 21.1. The van der Waals surface area contributed by atoms with Crippen molar-refractivity contribution in [2.45, 2.75) is 44.8 Å². The summed E-state index contributed by atoms with van der Waals surface area (Å²) in [6.45, 7) is 4.47. The van der Waals surface area contributed by atoms with E-state index in [1.807, 2.05) is 19.1 Å². The zero-order valence-electron chi connectivity index (χ0n) is 14.4. The number of esters is 1. The van der Waals surface area contributed by atoms with E-state index in [0.29, 0.717) is 6.61 Å². The van der Waals surface area contributed by atoms with Gasteiger partial charge in [-0.15, -0.1) is 0 Å². The molecule has 1 unspecified atom stereocenters. The Morgan fingerprint density at radius 2 is 1.54 bits per heavy atom. The Hall–Kier alpha value is -2.13. The van der Waals surface area contributed by atoms with E-state index in [-0.39, 0.29) is 24.1 Å². The predicted molar refractivity (Wildman–Crippen MR) is 95.7 cm³/mol. The van der Waals surface area contributed by atoms with Crippen LogP contribution in [0, 0.1) is 0 Å². The second-order valence-electron chi connectivity index (χ2n) is 6.22. The lowest BCUT2D eigenvalue weighted by Gasteiger charge is -2.21. The molecule has 0 radical (unpaired) electrons. The summed E-state index contributed by atoms with van der Waals surface area (Å²) in [5.41, 5.74) is 2.44. The molecule has 2 aromatic carbocycles. The van der Waals surface area contributed by atoms with Crippen LogP contribution in [-0.2, 0) is 9.53 Å². The minimum Gasteiger partial charge on any atom is -0.465 e. The first-order valence-electron chi connectivity index (χ1n) is 8.81. The number of hydrogen-bond donors (Lipinski definition) is 0. The first kappa shape index (κ1) is 16.7.